The Labute approximate surface area is 123 Å². The molecule has 0 unspecified atom stereocenters. The number of rotatable bonds is 3. The van der Waals surface area contributed by atoms with E-state index >= 15 is 0 Å². The summed E-state index contributed by atoms with van der Waals surface area (Å²) in [4.78, 5) is 27.8. The summed E-state index contributed by atoms with van der Waals surface area (Å²) >= 11 is 3.15. The lowest BCUT2D eigenvalue weighted by molar-refractivity contribution is -0.116. The van der Waals surface area contributed by atoms with Crippen molar-refractivity contribution < 1.29 is 4.79 Å². The van der Waals surface area contributed by atoms with Crippen LogP contribution in [0.1, 0.15) is 5.69 Å². The summed E-state index contributed by atoms with van der Waals surface area (Å²) in [6.07, 6.45) is 1.35. The zero-order valence-electron chi connectivity index (χ0n) is 10.8. The highest BCUT2D eigenvalue weighted by atomic mass is 79.9. The van der Waals surface area contributed by atoms with Crippen molar-refractivity contribution in [1.29, 1.82) is 0 Å². The maximum absolute atomic E-state index is 11.9. The number of nitrogens with two attached hydrogens (primary N) is 1. The van der Waals surface area contributed by atoms with Gasteiger partial charge in [0, 0.05) is 11.4 Å². The number of carbonyl (C=O) groups is 1. The lowest BCUT2D eigenvalue weighted by Gasteiger charge is -2.08. The van der Waals surface area contributed by atoms with Crippen molar-refractivity contribution in [3.63, 3.8) is 0 Å². The standard InChI is InChI=1S/C13H13BrN4O2/c1-8-12(14)13(20)18(7-16-8)6-11(19)17-10-4-2-9(15)3-5-10/h2-5,7H,6,15H2,1H3,(H,17,19). The van der Waals surface area contributed by atoms with Crippen molar-refractivity contribution >= 4 is 33.2 Å². The molecule has 2 aromatic rings. The van der Waals surface area contributed by atoms with Gasteiger partial charge in [0.1, 0.15) is 11.0 Å². The van der Waals surface area contributed by atoms with Gasteiger partial charge >= 0.3 is 0 Å². The SMILES string of the molecule is Cc1ncn(CC(=O)Nc2ccc(N)cc2)c(=O)c1Br. The summed E-state index contributed by atoms with van der Waals surface area (Å²) in [7, 11) is 0. The first kappa shape index (κ1) is 14.3. The van der Waals surface area contributed by atoms with Gasteiger partial charge in [0.05, 0.1) is 12.0 Å². The third-order valence-electron chi connectivity index (χ3n) is 2.67. The third-order valence-corrected chi connectivity index (χ3v) is 3.58. The van der Waals surface area contributed by atoms with Crippen molar-refractivity contribution in [2.75, 3.05) is 11.1 Å². The molecular weight excluding hydrogens is 324 g/mol. The van der Waals surface area contributed by atoms with Crippen LogP contribution >= 0.6 is 15.9 Å². The molecule has 0 aliphatic rings. The average Bonchev–Trinajstić information content (AvgIpc) is 2.42. The molecule has 3 N–H and O–H groups in total. The van der Waals surface area contributed by atoms with Gasteiger partial charge in [-0.25, -0.2) is 4.98 Å². The van der Waals surface area contributed by atoms with Gasteiger partial charge in [-0.2, -0.15) is 0 Å². The molecule has 1 aromatic carbocycles. The Kier molecular flexibility index (Phi) is 4.19. The normalized spacial score (nSPS) is 10.3. The molecule has 0 aliphatic heterocycles. The molecule has 0 bridgehead atoms. The number of nitrogen functional groups attached to an aromatic ring is 1. The number of amides is 1. The van der Waals surface area contributed by atoms with Crippen LogP contribution in [0.15, 0.2) is 39.9 Å². The Hall–Kier alpha value is -2.15. The second-order valence-electron chi connectivity index (χ2n) is 4.25. The van der Waals surface area contributed by atoms with Gasteiger partial charge in [-0.05, 0) is 47.1 Å². The highest BCUT2D eigenvalue weighted by Crippen LogP contribution is 2.10. The fraction of sp³-hybridized carbons (Fsp3) is 0.154. The Morgan fingerprint density at radius 3 is 2.70 bits per heavy atom. The summed E-state index contributed by atoms with van der Waals surface area (Å²) in [6.45, 7) is 1.61. The first-order valence-corrected chi connectivity index (χ1v) is 6.63. The molecule has 0 saturated carbocycles. The molecule has 0 saturated heterocycles. The molecule has 0 aliphatic carbocycles. The maximum atomic E-state index is 11.9. The van der Waals surface area contributed by atoms with E-state index in [9.17, 15) is 9.59 Å². The molecule has 6 nitrogen and oxygen atoms in total. The smallest absolute Gasteiger partial charge is 0.268 e. The summed E-state index contributed by atoms with van der Waals surface area (Å²) in [5.41, 5.74) is 7.10. The van der Waals surface area contributed by atoms with Crippen LogP contribution in [0.25, 0.3) is 0 Å². The molecule has 20 heavy (non-hydrogen) atoms. The lowest BCUT2D eigenvalue weighted by atomic mass is 10.3. The lowest BCUT2D eigenvalue weighted by Crippen LogP contribution is -2.28. The molecule has 0 atom stereocenters. The van der Waals surface area contributed by atoms with Gasteiger partial charge in [0.15, 0.2) is 0 Å². The molecule has 2 rings (SSSR count). The van der Waals surface area contributed by atoms with E-state index in [1.165, 1.54) is 10.9 Å². The van der Waals surface area contributed by atoms with Crippen LogP contribution in [0.4, 0.5) is 11.4 Å². The number of carbonyl (C=O) groups excluding carboxylic acids is 1. The number of nitrogens with zero attached hydrogens (tertiary/aromatic N) is 2. The minimum atomic E-state index is -0.311. The zero-order chi connectivity index (χ0) is 14.7. The van der Waals surface area contributed by atoms with E-state index in [1.807, 2.05) is 0 Å². The molecule has 104 valence electrons. The van der Waals surface area contributed by atoms with Crippen molar-refractivity contribution in [2.24, 2.45) is 0 Å². The maximum Gasteiger partial charge on any atom is 0.268 e. The summed E-state index contributed by atoms with van der Waals surface area (Å²) in [5, 5.41) is 2.68. The van der Waals surface area contributed by atoms with Crippen LogP contribution in [-0.2, 0) is 11.3 Å². The number of anilines is 2. The van der Waals surface area contributed by atoms with E-state index in [-0.39, 0.29) is 18.0 Å². The van der Waals surface area contributed by atoms with E-state index in [1.54, 1.807) is 31.2 Å². The van der Waals surface area contributed by atoms with Gasteiger partial charge in [0.2, 0.25) is 5.91 Å². The number of aromatic nitrogens is 2. The minimum absolute atomic E-state index is 0.102. The predicted molar refractivity (Wildman–Crippen MR) is 80.4 cm³/mol. The van der Waals surface area contributed by atoms with Crippen molar-refractivity contribution in [1.82, 2.24) is 9.55 Å². The summed E-state index contributed by atoms with van der Waals surface area (Å²) in [5.74, 6) is -0.311. The Morgan fingerprint density at radius 2 is 2.05 bits per heavy atom. The van der Waals surface area contributed by atoms with Gasteiger partial charge in [0.25, 0.3) is 5.56 Å². The van der Waals surface area contributed by atoms with Crippen LogP contribution in [0, 0.1) is 6.92 Å². The van der Waals surface area contributed by atoms with Gasteiger partial charge < -0.3 is 11.1 Å². The number of aryl methyl sites for hydroxylation is 1. The van der Waals surface area contributed by atoms with Crippen LogP contribution < -0.4 is 16.6 Å². The number of hydrogen-bond acceptors (Lipinski definition) is 4. The van der Waals surface area contributed by atoms with Crippen LogP contribution in [0.2, 0.25) is 0 Å². The molecule has 1 heterocycles. The quantitative estimate of drug-likeness (QED) is 0.832. The highest BCUT2D eigenvalue weighted by Gasteiger charge is 2.09. The van der Waals surface area contributed by atoms with Crippen molar-refractivity contribution in [2.45, 2.75) is 13.5 Å². The molecule has 0 fully saturated rings. The molecule has 0 spiro atoms. The Balaban J connectivity index is 2.11. The first-order valence-electron chi connectivity index (χ1n) is 5.84. The second-order valence-corrected chi connectivity index (χ2v) is 5.04. The summed E-state index contributed by atoms with van der Waals surface area (Å²) < 4.78 is 1.60. The Bertz CT molecular complexity index is 695. The van der Waals surface area contributed by atoms with E-state index < -0.39 is 0 Å². The number of hydrogen-bond donors (Lipinski definition) is 2. The largest absolute Gasteiger partial charge is 0.399 e. The first-order chi connectivity index (χ1) is 9.47. The monoisotopic (exact) mass is 336 g/mol. The highest BCUT2D eigenvalue weighted by molar-refractivity contribution is 9.10. The van der Waals surface area contributed by atoms with E-state index in [0.717, 1.165) is 0 Å². The molecule has 1 aromatic heterocycles. The van der Waals surface area contributed by atoms with Gasteiger partial charge in [-0.3, -0.25) is 14.2 Å². The number of nitrogens with one attached hydrogen (secondary N) is 1. The zero-order valence-corrected chi connectivity index (χ0v) is 12.3. The third kappa shape index (κ3) is 3.24. The van der Waals surface area contributed by atoms with Crippen LogP contribution in [-0.4, -0.2) is 15.5 Å². The second kappa shape index (κ2) is 5.87. The van der Waals surface area contributed by atoms with E-state index in [2.05, 4.69) is 26.2 Å². The van der Waals surface area contributed by atoms with Crippen molar-refractivity contribution in [3.8, 4) is 0 Å². The number of benzene rings is 1. The fourth-order valence-electron chi connectivity index (χ4n) is 1.58. The molecular formula is C13H13BrN4O2. The van der Waals surface area contributed by atoms with Crippen LogP contribution in [0.5, 0.6) is 0 Å². The minimum Gasteiger partial charge on any atom is -0.399 e. The molecule has 7 heteroatoms. The van der Waals surface area contributed by atoms with Crippen molar-refractivity contribution in [3.05, 3.63) is 51.1 Å². The fourth-order valence-corrected chi connectivity index (χ4v) is 1.91. The van der Waals surface area contributed by atoms with E-state index in [4.69, 9.17) is 5.73 Å². The molecule has 0 radical (unpaired) electrons. The average molecular weight is 337 g/mol. The summed E-state index contributed by atoms with van der Waals surface area (Å²) in [6, 6.07) is 6.76. The number of halogens is 1. The topological polar surface area (TPSA) is 90.0 Å². The Morgan fingerprint density at radius 1 is 1.40 bits per heavy atom. The van der Waals surface area contributed by atoms with E-state index in [0.29, 0.717) is 21.5 Å². The predicted octanol–water partition coefficient (Wildman–Crippen LogP) is 1.54. The van der Waals surface area contributed by atoms with Gasteiger partial charge in [-0.15, -0.1) is 0 Å². The molecule has 1 amide bonds. The van der Waals surface area contributed by atoms with Crippen LogP contribution in [0.3, 0.4) is 0 Å². The van der Waals surface area contributed by atoms with Gasteiger partial charge in [-0.1, -0.05) is 0 Å².